The first-order valence-electron chi connectivity index (χ1n) is 7.20. The predicted molar refractivity (Wildman–Crippen MR) is 84.7 cm³/mol. The molecule has 0 aliphatic heterocycles. The first kappa shape index (κ1) is 15.8. The fourth-order valence-electron chi connectivity index (χ4n) is 2.00. The molecular weight excluding hydrogens is 283 g/mol. The normalized spacial score (nSPS) is 10.1. The van der Waals surface area contributed by atoms with Gasteiger partial charge in [-0.15, -0.1) is 0 Å². The number of amides is 2. The molecule has 4 nitrogen and oxygen atoms in total. The van der Waals surface area contributed by atoms with E-state index in [-0.39, 0.29) is 24.9 Å². The fourth-order valence-corrected chi connectivity index (χ4v) is 2.00. The van der Waals surface area contributed by atoms with Crippen LogP contribution in [0.2, 0.25) is 0 Å². The van der Waals surface area contributed by atoms with E-state index >= 15 is 0 Å². The van der Waals surface area contributed by atoms with Gasteiger partial charge in [0.2, 0.25) is 0 Å². The number of urea groups is 1. The Labute approximate surface area is 129 Å². The van der Waals surface area contributed by atoms with E-state index in [0.717, 1.165) is 17.7 Å². The number of halogens is 1. The number of hydrogen-bond donors (Lipinski definition) is 2. The lowest BCUT2D eigenvalue weighted by Gasteiger charge is -2.11. The smallest absolute Gasteiger partial charge is 0.319 e. The van der Waals surface area contributed by atoms with E-state index in [2.05, 4.69) is 10.6 Å². The summed E-state index contributed by atoms with van der Waals surface area (Å²) in [5.41, 5.74) is 1.86. The van der Waals surface area contributed by atoms with Crippen LogP contribution in [0.4, 0.5) is 14.9 Å². The number of hydrogen-bond acceptors (Lipinski definition) is 2. The van der Waals surface area contributed by atoms with Crippen LogP contribution >= 0.6 is 0 Å². The molecule has 0 fully saturated rings. The summed E-state index contributed by atoms with van der Waals surface area (Å²) in [6.07, 6.45) is 0.840. The molecule has 2 aromatic rings. The van der Waals surface area contributed by atoms with Gasteiger partial charge >= 0.3 is 6.03 Å². The van der Waals surface area contributed by atoms with Crippen molar-refractivity contribution in [1.82, 2.24) is 5.32 Å². The summed E-state index contributed by atoms with van der Waals surface area (Å²) in [5, 5.41) is 5.47. The molecule has 0 heterocycles. The number of aryl methyl sites for hydroxylation is 1. The van der Waals surface area contributed by atoms with Gasteiger partial charge in [0, 0.05) is 5.69 Å². The summed E-state index contributed by atoms with van der Waals surface area (Å²) in [4.78, 5) is 11.8. The lowest BCUT2D eigenvalue weighted by molar-refractivity contribution is 0.246. The minimum atomic E-state index is -0.413. The topological polar surface area (TPSA) is 50.4 Å². The highest BCUT2D eigenvalue weighted by Crippen LogP contribution is 2.15. The quantitative estimate of drug-likeness (QED) is 0.801. The summed E-state index contributed by atoms with van der Waals surface area (Å²) in [7, 11) is 0. The number of carbonyl (C=O) groups is 1. The summed E-state index contributed by atoms with van der Waals surface area (Å²) < 4.78 is 18.6. The van der Waals surface area contributed by atoms with E-state index in [9.17, 15) is 9.18 Å². The average Bonchev–Trinajstić information content (AvgIpc) is 2.53. The van der Waals surface area contributed by atoms with Gasteiger partial charge in [0.15, 0.2) is 11.6 Å². The van der Waals surface area contributed by atoms with E-state index in [1.54, 1.807) is 18.2 Å². The van der Waals surface area contributed by atoms with E-state index in [1.807, 2.05) is 31.2 Å². The van der Waals surface area contributed by atoms with Crippen molar-refractivity contribution < 1.29 is 13.9 Å². The summed E-state index contributed by atoms with van der Waals surface area (Å²) in [6.45, 7) is 2.51. The number of benzene rings is 2. The molecule has 0 unspecified atom stereocenters. The van der Waals surface area contributed by atoms with Crippen molar-refractivity contribution in [2.75, 3.05) is 18.5 Å². The Hall–Kier alpha value is -2.56. The van der Waals surface area contributed by atoms with Crippen molar-refractivity contribution in [1.29, 1.82) is 0 Å². The molecule has 2 rings (SSSR count). The molecule has 0 aromatic heterocycles. The number of rotatable bonds is 6. The Balaban J connectivity index is 1.75. The second-order valence-corrected chi connectivity index (χ2v) is 4.67. The highest BCUT2D eigenvalue weighted by molar-refractivity contribution is 5.90. The van der Waals surface area contributed by atoms with Crippen LogP contribution in [0.15, 0.2) is 48.5 Å². The van der Waals surface area contributed by atoms with Crippen LogP contribution in [-0.4, -0.2) is 19.2 Å². The summed E-state index contributed by atoms with van der Waals surface area (Å²) >= 11 is 0. The Kier molecular flexibility index (Phi) is 5.77. The molecule has 0 radical (unpaired) electrons. The standard InChI is InChI=1S/C17H19FN2O2/c1-2-13-7-3-5-9-15(13)20-17(21)19-11-12-22-16-10-6-4-8-14(16)18/h3-10H,2,11-12H2,1H3,(H2,19,20,21). The highest BCUT2D eigenvalue weighted by atomic mass is 19.1. The maximum absolute atomic E-state index is 13.3. The van der Waals surface area contributed by atoms with Crippen molar-refractivity contribution in [3.8, 4) is 5.75 Å². The first-order valence-corrected chi connectivity index (χ1v) is 7.20. The predicted octanol–water partition coefficient (Wildman–Crippen LogP) is 3.59. The van der Waals surface area contributed by atoms with Crippen LogP contribution < -0.4 is 15.4 Å². The largest absolute Gasteiger partial charge is 0.489 e. The van der Waals surface area contributed by atoms with Crippen LogP contribution in [0.25, 0.3) is 0 Å². The number of carbonyl (C=O) groups excluding carboxylic acids is 1. The van der Waals surface area contributed by atoms with Gasteiger partial charge in [-0.1, -0.05) is 37.3 Å². The molecule has 2 N–H and O–H groups in total. The SMILES string of the molecule is CCc1ccccc1NC(=O)NCCOc1ccccc1F. The summed E-state index contributed by atoms with van der Waals surface area (Å²) in [5.74, 6) is -0.232. The zero-order chi connectivity index (χ0) is 15.8. The monoisotopic (exact) mass is 302 g/mol. The van der Waals surface area contributed by atoms with Gasteiger partial charge < -0.3 is 15.4 Å². The number of anilines is 1. The van der Waals surface area contributed by atoms with Gasteiger partial charge in [0.25, 0.3) is 0 Å². The van der Waals surface area contributed by atoms with Gasteiger partial charge in [-0.2, -0.15) is 0 Å². The molecule has 2 amide bonds. The van der Waals surface area contributed by atoms with Crippen molar-refractivity contribution in [2.45, 2.75) is 13.3 Å². The number of ether oxygens (including phenoxy) is 1. The second kappa shape index (κ2) is 8.02. The Bertz CT molecular complexity index is 632. The zero-order valence-electron chi connectivity index (χ0n) is 12.4. The van der Waals surface area contributed by atoms with E-state index in [1.165, 1.54) is 6.07 Å². The zero-order valence-corrected chi connectivity index (χ0v) is 12.4. The molecule has 116 valence electrons. The van der Waals surface area contributed by atoms with Crippen molar-refractivity contribution in [2.24, 2.45) is 0 Å². The third kappa shape index (κ3) is 4.48. The van der Waals surface area contributed by atoms with E-state index in [0.29, 0.717) is 0 Å². The molecule has 0 atom stereocenters. The Morgan fingerprint density at radius 2 is 1.86 bits per heavy atom. The fraction of sp³-hybridized carbons (Fsp3) is 0.235. The molecular formula is C17H19FN2O2. The van der Waals surface area contributed by atoms with Gasteiger partial charge in [0.1, 0.15) is 6.61 Å². The molecule has 0 aliphatic carbocycles. The van der Waals surface area contributed by atoms with Gasteiger partial charge in [-0.25, -0.2) is 9.18 Å². The molecule has 22 heavy (non-hydrogen) atoms. The van der Waals surface area contributed by atoms with Crippen LogP contribution in [-0.2, 0) is 6.42 Å². The van der Waals surface area contributed by atoms with Crippen molar-refractivity contribution in [3.63, 3.8) is 0 Å². The van der Waals surface area contributed by atoms with Crippen LogP contribution in [0.5, 0.6) is 5.75 Å². The second-order valence-electron chi connectivity index (χ2n) is 4.67. The molecule has 0 bridgehead atoms. The minimum Gasteiger partial charge on any atom is -0.489 e. The van der Waals surface area contributed by atoms with Crippen molar-refractivity contribution in [3.05, 3.63) is 59.9 Å². The van der Waals surface area contributed by atoms with Gasteiger partial charge in [-0.3, -0.25) is 0 Å². The van der Waals surface area contributed by atoms with Crippen LogP contribution in [0.3, 0.4) is 0 Å². The van der Waals surface area contributed by atoms with Crippen molar-refractivity contribution >= 4 is 11.7 Å². The third-order valence-corrected chi connectivity index (χ3v) is 3.13. The average molecular weight is 302 g/mol. The highest BCUT2D eigenvalue weighted by Gasteiger charge is 2.05. The Morgan fingerprint density at radius 1 is 1.14 bits per heavy atom. The maximum Gasteiger partial charge on any atom is 0.319 e. The number of para-hydroxylation sites is 2. The molecule has 0 aliphatic rings. The van der Waals surface area contributed by atoms with Crippen LogP contribution in [0.1, 0.15) is 12.5 Å². The lowest BCUT2D eigenvalue weighted by atomic mass is 10.1. The third-order valence-electron chi connectivity index (χ3n) is 3.13. The molecule has 0 saturated carbocycles. The molecule has 5 heteroatoms. The van der Waals surface area contributed by atoms with Crippen LogP contribution in [0, 0.1) is 5.82 Å². The van der Waals surface area contributed by atoms with Gasteiger partial charge in [-0.05, 0) is 30.2 Å². The van der Waals surface area contributed by atoms with E-state index < -0.39 is 5.82 Å². The summed E-state index contributed by atoms with van der Waals surface area (Å²) in [6, 6.07) is 13.5. The molecule has 0 saturated heterocycles. The molecule has 2 aromatic carbocycles. The first-order chi connectivity index (χ1) is 10.7. The molecule has 0 spiro atoms. The van der Waals surface area contributed by atoms with E-state index in [4.69, 9.17) is 4.74 Å². The number of nitrogens with one attached hydrogen (secondary N) is 2. The lowest BCUT2D eigenvalue weighted by Crippen LogP contribution is -2.32. The Morgan fingerprint density at radius 3 is 2.64 bits per heavy atom. The minimum absolute atomic E-state index is 0.182. The maximum atomic E-state index is 13.3. The van der Waals surface area contributed by atoms with Gasteiger partial charge in [0.05, 0.1) is 6.54 Å².